The maximum absolute atomic E-state index is 11.5. The van der Waals surface area contributed by atoms with Gasteiger partial charge in [-0.1, -0.05) is 18.7 Å². The molecule has 1 aromatic rings. The molecule has 0 fully saturated rings. The molecule has 0 bridgehead atoms. The third-order valence-corrected chi connectivity index (χ3v) is 2.98. The SMILES string of the molecule is C=CC(=O)CCc1ccc2c(c1)C(=O)CC2. The van der Waals surface area contributed by atoms with Crippen LogP contribution in [-0.2, 0) is 17.6 Å². The number of benzene rings is 1. The minimum absolute atomic E-state index is 0.0480. The third-order valence-electron chi connectivity index (χ3n) is 2.98. The molecule has 0 N–H and O–H groups in total. The van der Waals surface area contributed by atoms with Crippen molar-refractivity contribution < 1.29 is 9.59 Å². The first-order chi connectivity index (χ1) is 7.70. The smallest absolute Gasteiger partial charge is 0.163 e. The third kappa shape index (κ3) is 2.11. The summed E-state index contributed by atoms with van der Waals surface area (Å²) in [6.07, 6.45) is 3.99. The molecule has 0 spiro atoms. The van der Waals surface area contributed by atoms with Crippen LogP contribution in [0.2, 0.25) is 0 Å². The first-order valence-corrected chi connectivity index (χ1v) is 5.51. The number of hydrogen-bond acceptors (Lipinski definition) is 2. The molecule has 2 heteroatoms. The van der Waals surface area contributed by atoms with E-state index in [1.165, 1.54) is 6.08 Å². The van der Waals surface area contributed by atoms with Gasteiger partial charge in [-0.2, -0.15) is 0 Å². The molecular formula is C14H14O2. The van der Waals surface area contributed by atoms with Crippen LogP contribution in [0.25, 0.3) is 0 Å². The number of rotatable bonds is 4. The van der Waals surface area contributed by atoms with Gasteiger partial charge in [0.2, 0.25) is 0 Å². The Morgan fingerprint density at radius 2 is 2.19 bits per heavy atom. The average molecular weight is 214 g/mol. The average Bonchev–Trinajstić information content (AvgIpc) is 2.68. The van der Waals surface area contributed by atoms with Crippen molar-refractivity contribution >= 4 is 11.6 Å². The number of aryl methyl sites for hydroxylation is 2. The van der Waals surface area contributed by atoms with E-state index in [-0.39, 0.29) is 11.6 Å². The van der Waals surface area contributed by atoms with E-state index in [0.717, 1.165) is 23.1 Å². The van der Waals surface area contributed by atoms with Crippen molar-refractivity contribution in [1.29, 1.82) is 0 Å². The summed E-state index contributed by atoms with van der Waals surface area (Å²) in [6, 6.07) is 5.95. The summed E-state index contributed by atoms with van der Waals surface area (Å²) in [5, 5.41) is 0. The Hall–Kier alpha value is -1.70. The van der Waals surface area contributed by atoms with Crippen LogP contribution < -0.4 is 0 Å². The molecular weight excluding hydrogens is 200 g/mol. The first kappa shape index (κ1) is 10.8. The molecule has 0 aromatic heterocycles. The summed E-state index contributed by atoms with van der Waals surface area (Å²) >= 11 is 0. The normalized spacial score (nSPS) is 13.6. The van der Waals surface area contributed by atoms with Crippen molar-refractivity contribution in [2.45, 2.75) is 25.7 Å². The second-order valence-corrected chi connectivity index (χ2v) is 4.09. The van der Waals surface area contributed by atoms with E-state index >= 15 is 0 Å². The maximum Gasteiger partial charge on any atom is 0.163 e. The van der Waals surface area contributed by atoms with Crippen molar-refractivity contribution in [1.82, 2.24) is 0 Å². The van der Waals surface area contributed by atoms with Gasteiger partial charge in [0.1, 0.15) is 0 Å². The van der Waals surface area contributed by atoms with E-state index in [9.17, 15) is 9.59 Å². The number of carbonyl (C=O) groups is 2. The summed E-state index contributed by atoms with van der Waals surface area (Å²) in [4.78, 5) is 22.6. The van der Waals surface area contributed by atoms with E-state index in [1.807, 2.05) is 18.2 Å². The van der Waals surface area contributed by atoms with E-state index < -0.39 is 0 Å². The molecule has 0 saturated carbocycles. The largest absolute Gasteiger partial charge is 0.295 e. The van der Waals surface area contributed by atoms with Crippen molar-refractivity contribution in [2.75, 3.05) is 0 Å². The van der Waals surface area contributed by atoms with E-state index in [4.69, 9.17) is 0 Å². The van der Waals surface area contributed by atoms with Crippen molar-refractivity contribution in [3.63, 3.8) is 0 Å². The molecule has 1 aliphatic rings. The van der Waals surface area contributed by atoms with Crippen LogP contribution in [0.1, 0.15) is 34.3 Å². The van der Waals surface area contributed by atoms with Gasteiger partial charge in [-0.25, -0.2) is 0 Å². The van der Waals surface area contributed by atoms with Gasteiger partial charge in [0, 0.05) is 18.4 Å². The Labute approximate surface area is 95.0 Å². The van der Waals surface area contributed by atoms with Crippen molar-refractivity contribution in [3.8, 4) is 0 Å². The number of carbonyl (C=O) groups excluding carboxylic acids is 2. The Kier molecular flexibility index (Phi) is 3.00. The van der Waals surface area contributed by atoms with Crippen LogP contribution in [0.5, 0.6) is 0 Å². The molecule has 0 unspecified atom stereocenters. The highest BCUT2D eigenvalue weighted by Crippen LogP contribution is 2.23. The van der Waals surface area contributed by atoms with Crippen LogP contribution in [0.3, 0.4) is 0 Å². The lowest BCUT2D eigenvalue weighted by Gasteiger charge is -2.02. The minimum atomic E-state index is 0.0480. The fourth-order valence-corrected chi connectivity index (χ4v) is 2.01. The predicted molar refractivity (Wildman–Crippen MR) is 62.6 cm³/mol. The number of fused-ring (bicyclic) bond motifs is 1. The number of Topliss-reactive ketones (excluding diaryl/α,β-unsaturated/α-hetero) is 1. The quantitative estimate of drug-likeness (QED) is 0.722. The Bertz CT molecular complexity index is 458. The second kappa shape index (κ2) is 4.44. The maximum atomic E-state index is 11.5. The molecule has 0 amide bonds. The number of allylic oxidation sites excluding steroid dienone is 1. The predicted octanol–water partition coefficient (Wildman–Crippen LogP) is 2.50. The lowest BCUT2D eigenvalue weighted by molar-refractivity contribution is -0.114. The van der Waals surface area contributed by atoms with Gasteiger partial charge >= 0.3 is 0 Å². The molecule has 0 radical (unpaired) electrons. The molecule has 0 aliphatic heterocycles. The Morgan fingerprint density at radius 3 is 2.94 bits per heavy atom. The van der Waals surface area contributed by atoms with E-state index in [2.05, 4.69) is 6.58 Å². The van der Waals surface area contributed by atoms with Crippen LogP contribution in [0.15, 0.2) is 30.9 Å². The Balaban J connectivity index is 2.12. The van der Waals surface area contributed by atoms with Crippen LogP contribution >= 0.6 is 0 Å². The van der Waals surface area contributed by atoms with Gasteiger partial charge in [-0.3, -0.25) is 9.59 Å². The highest BCUT2D eigenvalue weighted by Gasteiger charge is 2.19. The van der Waals surface area contributed by atoms with E-state index in [0.29, 0.717) is 19.3 Å². The monoisotopic (exact) mass is 214 g/mol. The molecule has 0 heterocycles. The van der Waals surface area contributed by atoms with Gasteiger partial charge in [0.25, 0.3) is 0 Å². The fourth-order valence-electron chi connectivity index (χ4n) is 2.01. The molecule has 1 aromatic carbocycles. The zero-order chi connectivity index (χ0) is 11.5. The van der Waals surface area contributed by atoms with Gasteiger partial charge in [-0.05, 0) is 36.1 Å². The molecule has 2 nitrogen and oxygen atoms in total. The topological polar surface area (TPSA) is 34.1 Å². The summed E-state index contributed by atoms with van der Waals surface area (Å²) in [5.41, 5.74) is 3.05. The highest BCUT2D eigenvalue weighted by atomic mass is 16.1. The number of ketones is 2. The van der Waals surface area contributed by atoms with Crippen molar-refractivity contribution in [3.05, 3.63) is 47.5 Å². The van der Waals surface area contributed by atoms with Crippen molar-refractivity contribution in [2.24, 2.45) is 0 Å². The molecule has 82 valence electrons. The van der Waals surface area contributed by atoms with Gasteiger partial charge in [-0.15, -0.1) is 0 Å². The zero-order valence-electron chi connectivity index (χ0n) is 9.16. The molecule has 16 heavy (non-hydrogen) atoms. The van der Waals surface area contributed by atoms with Gasteiger partial charge in [0.05, 0.1) is 0 Å². The Morgan fingerprint density at radius 1 is 1.38 bits per heavy atom. The lowest BCUT2D eigenvalue weighted by Crippen LogP contribution is -1.98. The molecule has 1 aliphatic carbocycles. The standard InChI is InChI=1S/C14H14O2/c1-2-12(15)7-4-10-3-5-11-6-8-14(16)13(11)9-10/h2-3,5,9H,1,4,6-8H2. The second-order valence-electron chi connectivity index (χ2n) is 4.09. The summed E-state index contributed by atoms with van der Waals surface area (Å²) in [5.74, 6) is 0.277. The van der Waals surface area contributed by atoms with Gasteiger partial charge < -0.3 is 0 Å². The minimum Gasteiger partial charge on any atom is -0.295 e. The van der Waals surface area contributed by atoms with E-state index in [1.54, 1.807) is 0 Å². The van der Waals surface area contributed by atoms with Crippen LogP contribution in [-0.4, -0.2) is 11.6 Å². The van der Waals surface area contributed by atoms with Crippen LogP contribution in [0.4, 0.5) is 0 Å². The molecule has 2 rings (SSSR count). The lowest BCUT2D eigenvalue weighted by atomic mass is 10.0. The highest BCUT2D eigenvalue weighted by molar-refractivity contribution is 6.00. The number of hydrogen-bond donors (Lipinski definition) is 0. The summed E-state index contributed by atoms with van der Waals surface area (Å²) in [7, 11) is 0. The molecule has 0 atom stereocenters. The molecule has 0 saturated heterocycles. The fraction of sp³-hybridized carbons (Fsp3) is 0.286. The van der Waals surface area contributed by atoms with Crippen LogP contribution in [0, 0.1) is 0 Å². The first-order valence-electron chi connectivity index (χ1n) is 5.51. The summed E-state index contributed by atoms with van der Waals surface area (Å²) < 4.78 is 0. The zero-order valence-corrected chi connectivity index (χ0v) is 9.16. The summed E-state index contributed by atoms with van der Waals surface area (Å²) in [6.45, 7) is 3.44. The van der Waals surface area contributed by atoms with Gasteiger partial charge in [0.15, 0.2) is 11.6 Å².